The van der Waals surface area contributed by atoms with Crippen molar-refractivity contribution in [2.24, 2.45) is 12.8 Å². The number of carbonyl (C=O) groups is 2. The Bertz CT molecular complexity index is 1120. The van der Waals surface area contributed by atoms with Gasteiger partial charge in [-0.05, 0) is 12.1 Å². The monoisotopic (exact) mass is 349 g/mol. The first-order valence-corrected chi connectivity index (χ1v) is 8.90. The Morgan fingerprint density at radius 2 is 2.00 bits per heavy atom. The molecule has 2 aromatic heterocycles. The highest BCUT2D eigenvalue weighted by Gasteiger charge is 2.45. The van der Waals surface area contributed by atoms with Crippen molar-refractivity contribution >= 4 is 45.3 Å². The van der Waals surface area contributed by atoms with E-state index in [0.717, 1.165) is 26.2 Å². The van der Waals surface area contributed by atoms with Gasteiger partial charge in [0.15, 0.2) is 0 Å². The van der Waals surface area contributed by atoms with E-state index < -0.39 is 0 Å². The summed E-state index contributed by atoms with van der Waals surface area (Å²) in [6, 6.07) is 9.81. The second kappa shape index (κ2) is 4.91. The van der Waals surface area contributed by atoms with E-state index in [1.807, 2.05) is 48.1 Å². The molecule has 0 unspecified atom stereocenters. The number of anilines is 1. The number of thiophene rings is 1. The molecule has 0 aliphatic carbocycles. The van der Waals surface area contributed by atoms with Gasteiger partial charge < -0.3 is 10.3 Å². The number of benzene rings is 1. The number of fused-ring (bicyclic) bond motifs is 5. The summed E-state index contributed by atoms with van der Waals surface area (Å²) < 4.78 is 2.00. The number of hydrogen-bond donors (Lipinski definition) is 1. The van der Waals surface area contributed by atoms with Gasteiger partial charge in [0, 0.05) is 58.0 Å². The van der Waals surface area contributed by atoms with E-state index in [0.29, 0.717) is 29.8 Å². The number of amides is 2. The van der Waals surface area contributed by atoms with E-state index in [1.54, 1.807) is 11.3 Å². The summed E-state index contributed by atoms with van der Waals surface area (Å²) >= 11 is 1.58. The normalized spacial score (nSPS) is 16.3. The van der Waals surface area contributed by atoms with Gasteiger partial charge in [-0.2, -0.15) is 0 Å². The fourth-order valence-corrected chi connectivity index (χ4v) is 4.87. The third-order valence-corrected chi connectivity index (χ3v) is 6.11. The lowest BCUT2D eigenvalue weighted by atomic mass is 9.98. The zero-order valence-electron chi connectivity index (χ0n) is 13.6. The lowest BCUT2D eigenvalue weighted by Gasteiger charge is -2.19. The van der Waals surface area contributed by atoms with E-state index in [2.05, 4.69) is 0 Å². The van der Waals surface area contributed by atoms with Gasteiger partial charge in [0.1, 0.15) is 0 Å². The van der Waals surface area contributed by atoms with Crippen molar-refractivity contribution in [3.05, 3.63) is 57.4 Å². The van der Waals surface area contributed by atoms with Crippen LogP contribution in [0.2, 0.25) is 0 Å². The predicted molar refractivity (Wildman–Crippen MR) is 98.2 cm³/mol. The molecule has 0 spiro atoms. The van der Waals surface area contributed by atoms with E-state index in [9.17, 15) is 9.59 Å². The smallest absolute Gasteiger partial charge is 0.266 e. The van der Waals surface area contributed by atoms with Crippen molar-refractivity contribution in [3.8, 4) is 0 Å². The molecule has 124 valence electrons. The standard InChI is InChI=1S/C19H15N3O2S/c1-21-9-13(11-4-2-3-5-14(11)21)17-12-7-16-15(6-10(8-20)25-16)22(18(12)23)19(17)24/h2-6,9H,7-8,20H2,1H3. The molecule has 0 fully saturated rings. The average Bonchev–Trinajstić information content (AvgIpc) is 3.21. The summed E-state index contributed by atoms with van der Waals surface area (Å²) in [7, 11) is 1.95. The lowest BCUT2D eigenvalue weighted by Crippen LogP contribution is -2.34. The number of aryl methyl sites for hydroxylation is 1. The second-order valence-corrected chi connectivity index (χ2v) is 7.59. The van der Waals surface area contributed by atoms with Crippen LogP contribution in [0.4, 0.5) is 5.69 Å². The SMILES string of the molecule is Cn1cc(C2=C3Cc4sc(CN)cc4N(C3=O)C2=O)c2ccccc21. The summed E-state index contributed by atoms with van der Waals surface area (Å²) in [4.78, 5) is 29.3. The highest BCUT2D eigenvalue weighted by Crippen LogP contribution is 2.45. The molecule has 1 aromatic carbocycles. The first-order valence-electron chi connectivity index (χ1n) is 8.08. The number of carbonyl (C=O) groups excluding carboxylic acids is 2. The summed E-state index contributed by atoms with van der Waals surface area (Å²) in [5, 5.41) is 0.994. The molecule has 25 heavy (non-hydrogen) atoms. The molecular formula is C19H15N3O2S. The van der Waals surface area contributed by atoms with Crippen LogP contribution in [0.1, 0.15) is 15.3 Å². The van der Waals surface area contributed by atoms with Crippen LogP contribution in [-0.4, -0.2) is 16.4 Å². The Labute approximate surface area is 148 Å². The molecule has 2 aliphatic heterocycles. The fourth-order valence-electron chi connectivity index (χ4n) is 3.83. The van der Waals surface area contributed by atoms with Crippen LogP contribution in [0.5, 0.6) is 0 Å². The van der Waals surface area contributed by atoms with Gasteiger partial charge in [-0.3, -0.25) is 9.59 Å². The number of aromatic nitrogens is 1. The molecule has 5 rings (SSSR count). The van der Waals surface area contributed by atoms with E-state index in [4.69, 9.17) is 5.73 Å². The van der Waals surface area contributed by atoms with Gasteiger partial charge in [-0.15, -0.1) is 11.3 Å². The Morgan fingerprint density at radius 3 is 2.80 bits per heavy atom. The summed E-state index contributed by atoms with van der Waals surface area (Å²) in [5.74, 6) is -0.418. The molecule has 0 saturated carbocycles. The number of imide groups is 1. The van der Waals surface area contributed by atoms with Gasteiger partial charge in [-0.1, -0.05) is 18.2 Å². The molecule has 5 nitrogen and oxygen atoms in total. The maximum absolute atomic E-state index is 13.1. The zero-order valence-corrected chi connectivity index (χ0v) is 14.4. The second-order valence-electron chi connectivity index (χ2n) is 6.37. The van der Waals surface area contributed by atoms with Gasteiger partial charge >= 0.3 is 0 Å². The van der Waals surface area contributed by atoms with Crippen LogP contribution in [0, 0.1) is 0 Å². The molecule has 2 bridgehead atoms. The molecule has 0 radical (unpaired) electrons. The van der Waals surface area contributed by atoms with Crippen molar-refractivity contribution in [1.82, 2.24) is 4.57 Å². The van der Waals surface area contributed by atoms with Crippen LogP contribution in [0.25, 0.3) is 16.5 Å². The van der Waals surface area contributed by atoms with Crippen molar-refractivity contribution in [1.29, 1.82) is 0 Å². The average molecular weight is 349 g/mol. The van der Waals surface area contributed by atoms with E-state index in [1.165, 1.54) is 4.90 Å². The summed E-state index contributed by atoms with van der Waals surface area (Å²) in [5.41, 5.74) is 9.45. The highest BCUT2D eigenvalue weighted by molar-refractivity contribution is 7.12. The fraction of sp³-hybridized carbons (Fsp3) is 0.158. The quantitative estimate of drug-likeness (QED) is 0.723. The maximum Gasteiger partial charge on any atom is 0.266 e. The van der Waals surface area contributed by atoms with Crippen LogP contribution in [0.15, 0.2) is 42.1 Å². The van der Waals surface area contributed by atoms with E-state index >= 15 is 0 Å². The third kappa shape index (κ3) is 1.80. The Balaban J connectivity index is 1.75. The number of hydrogen-bond acceptors (Lipinski definition) is 4. The number of para-hydroxylation sites is 1. The minimum Gasteiger partial charge on any atom is -0.350 e. The van der Waals surface area contributed by atoms with Crippen molar-refractivity contribution < 1.29 is 9.59 Å². The molecule has 2 amide bonds. The Morgan fingerprint density at radius 1 is 1.20 bits per heavy atom. The van der Waals surface area contributed by atoms with Gasteiger partial charge in [0.25, 0.3) is 11.8 Å². The molecule has 2 N–H and O–H groups in total. The zero-order chi connectivity index (χ0) is 17.3. The first-order chi connectivity index (χ1) is 12.1. The van der Waals surface area contributed by atoms with Crippen molar-refractivity contribution in [2.45, 2.75) is 13.0 Å². The van der Waals surface area contributed by atoms with Gasteiger partial charge in [0.2, 0.25) is 0 Å². The van der Waals surface area contributed by atoms with Gasteiger partial charge in [0.05, 0.1) is 11.3 Å². The van der Waals surface area contributed by atoms with Crippen molar-refractivity contribution in [3.63, 3.8) is 0 Å². The molecule has 0 saturated heterocycles. The lowest BCUT2D eigenvalue weighted by molar-refractivity contribution is -0.120. The maximum atomic E-state index is 13.1. The first kappa shape index (κ1) is 14.6. The minimum absolute atomic E-state index is 0.193. The number of rotatable bonds is 2. The number of nitrogens with zero attached hydrogens (tertiary/aromatic N) is 2. The minimum atomic E-state index is -0.225. The predicted octanol–water partition coefficient (Wildman–Crippen LogP) is 2.58. The Hall–Kier alpha value is -2.70. The van der Waals surface area contributed by atoms with Crippen molar-refractivity contribution in [2.75, 3.05) is 4.90 Å². The van der Waals surface area contributed by atoms with Crippen LogP contribution in [0.3, 0.4) is 0 Å². The summed E-state index contributed by atoms with van der Waals surface area (Å²) in [6.45, 7) is 0.420. The highest BCUT2D eigenvalue weighted by atomic mass is 32.1. The molecule has 0 atom stereocenters. The molecule has 2 aliphatic rings. The number of nitrogens with two attached hydrogens (primary N) is 1. The van der Waals surface area contributed by atoms with E-state index in [-0.39, 0.29) is 11.8 Å². The molecular weight excluding hydrogens is 334 g/mol. The van der Waals surface area contributed by atoms with Gasteiger partial charge in [-0.25, -0.2) is 4.90 Å². The third-order valence-electron chi connectivity index (χ3n) is 4.96. The summed E-state index contributed by atoms with van der Waals surface area (Å²) in [6.07, 6.45) is 2.44. The molecule has 3 aromatic rings. The largest absolute Gasteiger partial charge is 0.350 e. The van der Waals surface area contributed by atoms with Crippen LogP contribution < -0.4 is 10.6 Å². The molecule has 6 heteroatoms. The van der Waals surface area contributed by atoms with Crippen LogP contribution in [-0.2, 0) is 29.6 Å². The Kier molecular flexibility index (Phi) is 2.87. The van der Waals surface area contributed by atoms with Crippen LogP contribution >= 0.6 is 11.3 Å². The topological polar surface area (TPSA) is 68.3 Å². The molecule has 4 heterocycles.